The number of piperidine rings is 2. The van der Waals surface area contributed by atoms with Crippen molar-refractivity contribution in [2.24, 2.45) is 11.3 Å². The molecule has 5 aliphatic rings. The molecule has 1 saturated carbocycles. The van der Waals surface area contributed by atoms with Gasteiger partial charge in [-0.15, -0.1) is 0 Å². The molecule has 2 atom stereocenters. The van der Waals surface area contributed by atoms with Crippen LogP contribution in [0.25, 0.3) is 5.65 Å². The number of halogens is 2. The van der Waals surface area contributed by atoms with Crippen LogP contribution in [-0.4, -0.2) is 93.2 Å². The van der Waals surface area contributed by atoms with E-state index in [1.54, 1.807) is 17.1 Å². The minimum Gasteiger partial charge on any atom is -0.374 e. The molecule has 8 rings (SSSR count). The van der Waals surface area contributed by atoms with Crippen LogP contribution in [0.2, 0.25) is 0 Å². The molecule has 1 aliphatic carbocycles. The summed E-state index contributed by atoms with van der Waals surface area (Å²) < 4.78 is 37.1. The van der Waals surface area contributed by atoms with Gasteiger partial charge in [0.2, 0.25) is 0 Å². The summed E-state index contributed by atoms with van der Waals surface area (Å²) >= 11 is 0. The van der Waals surface area contributed by atoms with Gasteiger partial charge in [-0.1, -0.05) is 0 Å². The number of fused-ring (bicyclic) bond motifs is 3. The molecule has 2 bridgehead atoms. The Morgan fingerprint density at radius 1 is 1.11 bits per heavy atom. The fourth-order valence-electron chi connectivity index (χ4n) is 8.56. The van der Waals surface area contributed by atoms with Gasteiger partial charge in [-0.05, 0) is 88.3 Å². The molecule has 4 saturated heterocycles. The van der Waals surface area contributed by atoms with Crippen molar-refractivity contribution in [2.45, 2.75) is 82.4 Å². The lowest BCUT2D eigenvalue weighted by molar-refractivity contribution is 0.0779. The highest BCUT2D eigenvalue weighted by Gasteiger charge is 2.40. The Kier molecular flexibility index (Phi) is 7.73. The van der Waals surface area contributed by atoms with Crippen LogP contribution in [0.5, 0.6) is 0 Å². The van der Waals surface area contributed by atoms with Crippen molar-refractivity contribution in [3.63, 3.8) is 0 Å². The van der Waals surface area contributed by atoms with Gasteiger partial charge in [-0.25, -0.2) is 18.3 Å². The van der Waals surface area contributed by atoms with Crippen molar-refractivity contribution in [1.29, 1.82) is 0 Å². The van der Waals surface area contributed by atoms with E-state index in [1.807, 2.05) is 6.07 Å². The lowest BCUT2D eigenvalue weighted by Crippen LogP contribution is -2.42. The van der Waals surface area contributed by atoms with Crippen molar-refractivity contribution < 1.29 is 18.3 Å². The summed E-state index contributed by atoms with van der Waals surface area (Å²) in [5.74, 6) is 0.981. The van der Waals surface area contributed by atoms with Crippen molar-refractivity contribution >= 4 is 23.1 Å². The highest BCUT2D eigenvalue weighted by Crippen LogP contribution is 2.45. The van der Waals surface area contributed by atoms with Crippen LogP contribution in [0.15, 0.2) is 24.7 Å². The van der Waals surface area contributed by atoms with Crippen LogP contribution in [0.3, 0.4) is 0 Å². The van der Waals surface area contributed by atoms with Gasteiger partial charge in [0, 0.05) is 38.6 Å². The predicted molar refractivity (Wildman–Crippen MR) is 165 cm³/mol. The van der Waals surface area contributed by atoms with Gasteiger partial charge in [-0.3, -0.25) is 9.48 Å². The van der Waals surface area contributed by atoms with E-state index < -0.39 is 18.0 Å². The minimum atomic E-state index is -2.81. The summed E-state index contributed by atoms with van der Waals surface area (Å²) in [5, 5.41) is 14.8. The highest BCUT2D eigenvalue weighted by atomic mass is 19.3. The summed E-state index contributed by atoms with van der Waals surface area (Å²) in [4.78, 5) is 22.9. The van der Waals surface area contributed by atoms with E-state index >= 15 is 0 Å². The quantitative estimate of drug-likeness (QED) is 0.402. The number of carbonyl (C=O) groups excluding carboxylic acids is 1. The average molecular weight is 624 g/mol. The number of nitrogens with one attached hydrogen (secondary N) is 2. The van der Waals surface area contributed by atoms with E-state index in [-0.39, 0.29) is 29.4 Å². The Labute approximate surface area is 261 Å². The van der Waals surface area contributed by atoms with Crippen molar-refractivity contribution in [3.8, 4) is 0 Å². The van der Waals surface area contributed by atoms with Crippen molar-refractivity contribution in [2.75, 3.05) is 56.1 Å². The zero-order valence-corrected chi connectivity index (χ0v) is 25.7. The number of hydrogen-bond donors (Lipinski definition) is 2. The minimum absolute atomic E-state index is 0.0229. The van der Waals surface area contributed by atoms with Crippen molar-refractivity contribution in [1.82, 2.24) is 34.6 Å². The fourth-order valence-corrected chi connectivity index (χ4v) is 8.56. The molecule has 242 valence electrons. The number of alkyl halides is 2. The number of likely N-dealkylation sites (tertiary alicyclic amines) is 1. The summed E-state index contributed by atoms with van der Waals surface area (Å²) in [5.41, 5.74) is 0.829. The number of nitrogens with zero attached hydrogens (tertiary/aromatic N) is 7. The maximum Gasteiger partial charge on any atom is 0.284 e. The van der Waals surface area contributed by atoms with E-state index in [9.17, 15) is 13.6 Å². The van der Waals surface area contributed by atoms with Gasteiger partial charge < -0.3 is 25.2 Å². The number of amides is 1. The second-order valence-corrected chi connectivity index (χ2v) is 14.0. The standard InChI is InChI=1S/C32H43F2N9O2/c33-29(34)28-26(37-31(44)25-16-36-42-14-5-27(38-30(25)42)41-18-24-15-23(41)20-45-24)19-43(39-28)22-3-12-40(13-4-22)17-21-1-6-32(7-2-21)8-10-35-11-9-32/h5,14,16,19,21-24,29,35H,1-4,6-13,15,17-18,20H2,(H,37,44)/t23-,24-/m1/s1. The molecule has 3 aromatic rings. The van der Waals surface area contributed by atoms with Crippen LogP contribution >= 0.6 is 0 Å². The van der Waals surface area contributed by atoms with Crippen LogP contribution in [0, 0.1) is 11.3 Å². The molecule has 1 amide bonds. The molecule has 0 unspecified atom stereocenters. The Bertz CT molecular complexity index is 1520. The lowest BCUT2D eigenvalue weighted by Gasteiger charge is -2.44. The van der Waals surface area contributed by atoms with Crippen LogP contribution < -0.4 is 15.5 Å². The van der Waals surface area contributed by atoms with Crippen LogP contribution in [0.1, 0.15) is 86.3 Å². The van der Waals surface area contributed by atoms with E-state index in [0.29, 0.717) is 17.7 Å². The summed E-state index contributed by atoms with van der Waals surface area (Å²) in [6.45, 7) is 6.76. The smallest absolute Gasteiger partial charge is 0.284 e. The second-order valence-electron chi connectivity index (χ2n) is 14.0. The van der Waals surface area contributed by atoms with E-state index in [0.717, 1.165) is 57.2 Å². The van der Waals surface area contributed by atoms with Gasteiger partial charge in [0.1, 0.15) is 11.4 Å². The van der Waals surface area contributed by atoms with Crippen LogP contribution in [-0.2, 0) is 4.74 Å². The molecule has 7 heterocycles. The maximum atomic E-state index is 14.1. The Morgan fingerprint density at radius 3 is 2.62 bits per heavy atom. The second kappa shape index (κ2) is 11.9. The molecule has 11 nitrogen and oxygen atoms in total. The Balaban J connectivity index is 0.905. The molecular weight excluding hydrogens is 580 g/mol. The molecule has 45 heavy (non-hydrogen) atoms. The monoisotopic (exact) mass is 623 g/mol. The molecular formula is C32H43F2N9O2. The number of morpholine rings is 1. The summed E-state index contributed by atoms with van der Waals surface area (Å²) in [6.07, 6.45) is 12.8. The first-order valence-electron chi connectivity index (χ1n) is 16.8. The SMILES string of the molecule is O=C(Nc1cn(C2CCN(CC3CCC4(CCNCC4)CC3)CC2)nc1C(F)F)c1cnn2ccc(N3C[C@H]4C[C@@H]3CO4)nc12. The maximum absolute atomic E-state index is 14.1. The molecule has 3 aromatic heterocycles. The van der Waals surface area contributed by atoms with Crippen molar-refractivity contribution in [3.05, 3.63) is 35.9 Å². The summed E-state index contributed by atoms with van der Waals surface area (Å²) in [7, 11) is 0. The van der Waals surface area contributed by atoms with Crippen LogP contribution in [0.4, 0.5) is 20.3 Å². The number of anilines is 2. The number of ether oxygens (including phenoxy) is 1. The molecule has 2 N–H and O–H groups in total. The number of carbonyl (C=O) groups is 1. The lowest BCUT2D eigenvalue weighted by atomic mass is 9.65. The first-order chi connectivity index (χ1) is 21.9. The number of hydrogen-bond acceptors (Lipinski definition) is 8. The largest absolute Gasteiger partial charge is 0.374 e. The third-order valence-corrected chi connectivity index (χ3v) is 11.3. The van der Waals surface area contributed by atoms with Gasteiger partial charge in [0.05, 0.1) is 36.7 Å². The molecule has 1 spiro atoms. The predicted octanol–water partition coefficient (Wildman–Crippen LogP) is 4.29. The first-order valence-corrected chi connectivity index (χ1v) is 16.8. The summed E-state index contributed by atoms with van der Waals surface area (Å²) in [6, 6.07) is 2.18. The zero-order chi connectivity index (χ0) is 30.5. The molecule has 13 heteroatoms. The van der Waals surface area contributed by atoms with E-state index in [2.05, 4.69) is 30.6 Å². The van der Waals surface area contributed by atoms with Gasteiger partial charge >= 0.3 is 0 Å². The molecule has 4 aliphatic heterocycles. The third kappa shape index (κ3) is 5.71. The Morgan fingerprint density at radius 2 is 1.91 bits per heavy atom. The van der Waals surface area contributed by atoms with Gasteiger partial charge in [0.25, 0.3) is 12.3 Å². The topological polar surface area (TPSA) is 105 Å². The Hall–Kier alpha value is -3.16. The van der Waals surface area contributed by atoms with Gasteiger partial charge in [-0.2, -0.15) is 10.2 Å². The average Bonchev–Trinajstić information content (AvgIpc) is 3.87. The fraction of sp³-hybridized carbons (Fsp3) is 0.688. The first kappa shape index (κ1) is 29.3. The van der Waals surface area contributed by atoms with Gasteiger partial charge in [0.15, 0.2) is 11.3 Å². The molecule has 0 aromatic carbocycles. The zero-order valence-electron chi connectivity index (χ0n) is 25.7. The molecule has 5 fully saturated rings. The number of rotatable bonds is 7. The molecule has 0 radical (unpaired) electrons. The van der Waals surface area contributed by atoms with E-state index in [4.69, 9.17) is 9.72 Å². The normalized spacial score (nSPS) is 26.1. The number of aromatic nitrogens is 5. The van der Waals surface area contributed by atoms with E-state index in [1.165, 1.54) is 62.3 Å². The highest BCUT2D eigenvalue weighted by molar-refractivity contribution is 6.08. The third-order valence-electron chi connectivity index (χ3n) is 11.3.